The first-order valence-corrected chi connectivity index (χ1v) is 12.0. The second-order valence-electron chi connectivity index (χ2n) is 8.45. The molecule has 1 atom stereocenters. The highest BCUT2D eigenvalue weighted by Gasteiger charge is 2.42. The van der Waals surface area contributed by atoms with Crippen molar-refractivity contribution in [3.8, 4) is 0 Å². The lowest BCUT2D eigenvalue weighted by Gasteiger charge is -2.34. The number of amides is 2. The highest BCUT2D eigenvalue weighted by Crippen LogP contribution is 2.27. The minimum absolute atomic E-state index is 0.0400. The summed E-state index contributed by atoms with van der Waals surface area (Å²) in [6, 6.07) is 12.9. The van der Waals surface area contributed by atoms with Gasteiger partial charge in [-0.1, -0.05) is 18.2 Å². The van der Waals surface area contributed by atoms with Gasteiger partial charge in [0.15, 0.2) is 5.78 Å². The highest BCUT2D eigenvalue weighted by molar-refractivity contribution is 7.98. The topological polar surface area (TPSA) is 98.1 Å². The predicted octanol–water partition coefficient (Wildman–Crippen LogP) is 3.39. The van der Waals surface area contributed by atoms with Gasteiger partial charge in [-0.3, -0.25) is 29.1 Å². The van der Waals surface area contributed by atoms with Crippen LogP contribution in [0.25, 0.3) is 10.9 Å². The van der Waals surface area contributed by atoms with Crippen LogP contribution in [0.1, 0.15) is 47.9 Å². The number of rotatable bonds is 6. The molecule has 0 aliphatic carbocycles. The molecule has 1 aliphatic heterocycles. The van der Waals surface area contributed by atoms with Gasteiger partial charge in [-0.05, 0) is 62.8 Å². The maximum Gasteiger partial charge on any atom is 0.262 e. The number of hydrogen-bond donors (Lipinski definition) is 1. The minimum Gasteiger partial charge on any atom is -0.294 e. The molecule has 0 unspecified atom stereocenters. The molecule has 8 heteroatoms. The molecular weight excluding hydrogens is 438 g/mol. The van der Waals surface area contributed by atoms with Crippen molar-refractivity contribution in [2.24, 2.45) is 0 Å². The van der Waals surface area contributed by atoms with Crippen LogP contribution in [0.5, 0.6) is 0 Å². The van der Waals surface area contributed by atoms with Gasteiger partial charge in [0, 0.05) is 23.3 Å². The summed E-state index contributed by atoms with van der Waals surface area (Å²) in [4.78, 5) is 55.9. The van der Waals surface area contributed by atoms with Crippen LogP contribution in [0.3, 0.4) is 0 Å². The van der Waals surface area contributed by atoms with Crippen molar-refractivity contribution in [1.29, 1.82) is 0 Å². The van der Waals surface area contributed by atoms with Gasteiger partial charge < -0.3 is 0 Å². The van der Waals surface area contributed by atoms with Crippen molar-refractivity contribution in [2.75, 3.05) is 6.26 Å². The van der Waals surface area contributed by atoms with Gasteiger partial charge in [0.1, 0.15) is 11.4 Å². The molecule has 2 amide bonds. The zero-order chi connectivity index (χ0) is 23.8. The van der Waals surface area contributed by atoms with E-state index in [2.05, 4.69) is 10.3 Å². The van der Waals surface area contributed by atoms with Gasteiger partial charge in [-0.25, -0.2) is 4.98 Å². The first kappa shape index (κ1) is 22.9. The van der Waals surface area contributed by atoms with Crippen molar-refractivity contribution in [1.82, 2.24) is 14.9 Å². The molecule has 1 aromatic heterocycles. The van der Waals surface area contributed by atoms with E-state index in [9.17, 15) is 19.2 Å². The molecule has 170 valence electrons. The molecule has 1 aliphatic rings. The number of nitrogens with one attached hydrogen (secondary N) is 1. The van der Waals surface area contributed by atoms with Crippen LogP contribution in [-0.4, -0.2) is 33.4 Å². The Labute approximate surface area is 195 Å². The Hall–Kier alpha value is -3.26. The van der Waals surface area contributed by atoms with Gasteiger partial charge in [0.25, 0.3) is 11.5 Å². The molecular formula is C25H25N3O4S. The Morgan fingerprint density at radius 3 is 2.55 bits per heavy atom. The zero-order valence-electron chi connectivity index (χ0n) is 18.8. The summed E-state index contributed by atoms with van der Waals surface area (Å²) in [5.74, 6) is -0.388. The van der Waals surface area contributed by atoms with Crippen LogP contribution in [0.15, 0.2) is 52.2 Å². The third kappa shape index (κ3) is 4.35. The number of carbonyl (C=O) groups is 3. The fourth-order valence-corrected chi connectivity index (χ4v) is 4.68. The molecule has 0 saturated carbocycles. The third-order valence-electron chi connectivity index (χ3n) is 6.23. The molecule has 2 aromatic carbocycles. The minimum atomic E-state index is -1.19. The van der Waals surface area contributed by atoms with Crippen molar-refractivity contribution >= 4 is 40.3 Å². The standard InChI is InChI=1S/C25H25N3O4S/c1-15-26-20-10-4-16(5-11-21(29)17-6-8-18(33-3)9-7-17)14-19(20)23(31)28(15)25(2)13-12-22(30)27-24(25)32/h4,6-10,14H,5,11-13H2,1-3H3,(H,27,30,32)/t25-/m0/s1. The molecule has 4 rings (SSSR count). The molecule has 1 N–H and O–H groups in total. The van der Waals surface area contributed by atoms with Crippen LogP contribution in [-0.2, 0) is 21.5 Å². The molecule has 33 heavy (non-hydrogen) atoms. The maximum atomic E-state index is 13.4. The number of benzene rings is 2. The van der Waals surface area contributed by atoms with Gasteiger partial charge in [-0.2, -0.15) is 0 Å². The highest BCUT2D eigenvalue weighted by atomic mass is 32.2. The average molecular weight is 464 g/mol. The quantitative estimate of drug-likeness (QED) is 0.342. The Balaban J connectivity index is 1.63. The van der Waals surface area contributed by atoms with E-state index in [4.69, 9.17) is 0 Å². The molecule has 0 bridgehead atoms. The van der Waals surface area contributed by atoms with E-state index in [-0.39, 0.29) is 30.1 Å². The zero-order valence-corrected chi connectivity index (χ0v) is 19.6. The van der Waals surface area contributed by atoms with Gasteiger partial charge >= 0.3 is 0 Å². The summed E-state index contributed by atoms with van der Waals surface area (Å²) in [7, 11) is 0. The van der Waals surface area contributed by atoms with E-state index in [1.165, 1.54) is 4.57 Å². The molecule has 7 nitrogen and oxygen atoms in total. The van der Waals surface area contributed by atoms with Gasteiger partial charge in [0.2, 0.25) is 5.91 Å². The first-order chi connectivity index (χ1) is 15.7. The smallest absolute Gasteiger partial charge is 0.262 e. The summed E-state index contributed by atoms with van der Waals surface area (Å²) in [5, 5.41) is 2.72. The van der Waals surface area contributed by atoms with E-state index in [1.807, 2.05) is 36.6 Å². The van der Waals surface area contributed by atoms with E-state index in [1.54, 1.807) is 37.7 Å². The lowest BCUT2D eigenvalue weighted by Crippen LogP contribution is -2.56. The number of aromatic nitrogens is 2. The number of ketones is 1. The second-order valence-corrected chi connectivity index (χ2v) is 9.33. The fraction of sp³-hybridized carbons (Fsp3) is 0.320. The first-order valence-electron chi connectivity index (χ1n) is 10.8. The third-order valence-corrected chi connectivity index (χ3v) is 6.97. The van der Waals surface area contributed by atoms with Crippen LogP contribution in [0.2, 0.25) is 0 Å². The van der Waals surface area contributed by atoms with E-state index < -0.39 is 11.4 Å². The average Bonchev–Trinajstić information content (AvgIpc) is 2.80. The molecule has 0 radical (unpaired) electrons. The Morgan fingerprint density at radius 1 is 1.15 bits per heavy atom. The number of nitrogens with zero attached hydrogens (tertiary/aromatic N) is 2. The van der Waals surface area contributed by atoms with Crippen molar-refractivity contribution < 1.29 is 14.4 Å². The number of thioether (sulfide) groups is 1. The lowest BCUT2D eigenvalue weighted by atomic mass is 9.90. The van der Waals surface area contributed by atoms with Crippen LogP contribution in [0.4, 0.5) is 0 Å². The molecule has 1 fully saturated rings. The molecule has 3 aromatic rings. The van der Waals surface area contributed by atoms with Crippen molar-refractivity contribution in [3.63, 3.8) is 0 Å². The lowest BCUT2D eigenvalue weighted by molar-refractivity contribution is -0.140. The summed E-state index contributed by atoms with van der Waals surface area (Å²) >= 11 is 1.62. The summed E-state index contributed by atoms with van der Waals surface area (Å²) in [5.41, 5.74) is 0.529. The Bertz CT molecular complexity index is 1330. The van der Waals surface area contributed by atoms with Gasteiger partial charge in [0.05, 0.1) is 10.9 Å². The Morgan fingerprint density at radius 2 is 1.88 bits per heavy atom. The fourth-order valence-electron chi connectivity index (χ4n) is 4.27. The molecule has 1 saturated heterocycles. The number of fused-ring (bicyclic) bond motifs is 1. The second kappa shape index (κ2) is 8.94. The van der Waals surface area contributed by atoms with Crippen LogP contribution < -0.4 is 10.9 Å². The van der Waals surface area contributed by atoms with Crippen molar-refractivity contribution in [3.05, 3.63) is 69.8 Å². The van der Waals surface area contributed by atoms with Gasteiger partial charge in [-0.15, -0.1) is 11.8 Å². The largest absolute Gasteiger partial charge is 0.294 e. The predicted molar refractivity (Wildman–Crippen MR) is 128 cm³/mol. The van der Waals surface area contributed by atoms with E-state index >= 15 is 0 Å². The van der Waals surface area contributed by atoms with Crippen LogP contribution >= 0.6 is 11.8 Å². The molecule has 0 spiro atoms. The molecule has 2 heterocycles. The number of carbonyl (C=O) groups excluding carboxylic acids is 3. The van der Waals surface area contributed by atoms with E-state index in [0.29, 0.717) is 35.1 Å². The SMILES string of the molecule is CSc1ccc(C(=O)CCc2ccc3nc(C)n([C@@]4(C)CCC(=O)NC4=O)c(=O)c3c2)cc1. The number of aryl methyl sites for hydroxylation is 2. The normalized spacial score (nSPS) is 18.4. The summed E-state index contributed by atoms with van der Waals surface area (Å²) in [6.45, 7) is 3.34. The monoisotopic (exact) mass is 463 g/mol. The number of Topliss-reactive ketones (excluding diaryl/α,β-unsaturated/α-hetero) is 1. The number of imide groups is 1. The van der Waals surface area contributed by atoms with Crippen molar-refractivity contribution in [2.45, 2.75) is 50.0 Å². The van der Waals surface area contributed by atoms with E-state index in [0.717, 1.165) is 10.5 Å². The number of piperidine rings is 1. The summed E-state index contributed by atoms with van der Waals surface area (Å²) in [6.07, 6.45) is 3.18. The Kier molecular flexibility index (Phi) is 6.21. The summed E-state index contributed by atoms with van der Waals surface area (Å²) < 4.78 is 1.39. The maximum absolute atomic E-state index is 13.4. The number of hydrogen-bond acceptors (Lipinski definition) is 6. The van der Waals surface area contributed by atoms with Crippen LogP contribution in [0, 0.1) is 6.92 Å².